The van der Waals surface area contributed by atoms with Gasteiger partial charge in [0.2, 0.25) is 0 Å². The van der Waals surface area contributed by atoms with E-state index in [4.69, 9.17) is 16.3 Å². The van der Waals surface area contributed by atoms with Gasteiger partial charge in [-0.05, 0) is 54.8 Å². The maximum atomic E-state index is 12.6. The van der Waals surface area contributed by atoms with Crippen LogP contribution in [0.5, 0.6) is 5.75 Å². The van der Waals surface area contributed by atoms with E-state index in [1.165, 1.54) is 0 Å². The van der Waals surface area contributed by atoms with E-state index in [9.17, 15) is 4.79 Å². The Morgan fingerprint density at radius 1 is 1.17 bits per heavy atom. The van der Waals surface area contributed by atoms with Crippen LogP contribution >= 0.6 is 11.6 Å². The van der Waals surface area contributed by atoms with Gasteiger partial charge in [-0.1, -0.05) is 23.7 Å². The number of anilines is 1. The van der Waals surface area contributed by atoms with Crippen molar-refractivity contribution < 1.29 is 9.53 Å². The zero-order valence-electron chi connectivity index (χ0n) is 13.0. The van der Waals surface area contributed by atoms with Gasteiger partial charge >= 0.3 is 6.03 Å². The third-order valence-corrected chi connectivity index (χ3v) is 4.36. The van der Waals surface area contributed by atoms with Crippen LogP contribution in [0.3, 0.4) is 0 Å². The van der Waals surface area contributed by atoms with Crippen LogP contribution < -0.4 is 10.1 Å². The number of benzene rings is 2. The molecule has 0 radical (unpaired) electrons. The van der Waals surface area contributed by atoms with Gasteiger partial charge in [0.25, 0.3) is 0 Å². The van der Waals surface area contributed by atoms with Gasteiger partial charge in [0, 0.05) is 17.3 Å². The topological polar surface area (TPSA) is 41.6 Å². The molecule has 0 aliphatic carbocycles. The fraction of sp³-hybridized carbons (Fsp3) is 0.278. The summed E-state index contributed by atoms with van der Waals surface area (Å²) in [5.41, 5.74) is 1.88. The summed E-state index contributed by atoms with van der Waals surface area (Å²) in [7, 11) is 1.62. The SMILES string of the molecule is COc1ccc(NC(=O)N2CCC[C@@H]2c2ccc(Cl)cc2)cc1. The zero-order valence-corrected chi connectivity index (χ0v) is 13.7. The summed E-state index contributed by atoms with van der Waals surface area (Å²) in [5.74, 6) is 0.767. The van der Waals surface area contributed by atoms with E-state index in [2.05, 4.69) is 5.32 Å². The monoisotopic (exact) mass is 330 g/mol. The summed E-state index contributed by atoms with van der Waals surface area (Å²) in [6.07, 6.45) is 1.97. The number of likely N-dealkylation sites (tertiary alicyclic amines) is 1. The molecule has 1 fully saturated rings. The van der Waals surface area contributed by atoms with Crippen LogP contribution in [0.15, 0.2) is 48.5 Å². The third kappa shape index (κ3) is 3.59. The molecule has 0 aromatic heterocycles. The highest BCUT2D eigenvalue weighted by Crippen LogP contribution is 2.33. The third-order valence-electron chi connectivity index (χ3n) is 4.11. The molecule has 2 aromatic carbocycles. The highest BCUT2D eigenvalue weighted by molar-refractivity contribution is 6.30. The Kier molecular flexibility index (Phi) is 4.72. The Balaban J connectivity index is 1.71. The van der Waals surface area contributed by atoms with Crippen LogP contribution in [0.25, 0.3) is 0 Å². The van der Waals surface area contributed by atoms with Crippen LogP contribution in [0.2, 0.25) is 5.02 Å². The standard InChI is InChI=1S/C18H19ClN2O2/c1-23-16-10-8-15(9-11-16)20-18(22)21-12-2-3-17(21)13-4-6-14(19)7-5-13/h4-11,17H,2-3,12H2,1H3,(H,20,22)/t17-/m1/s1. The molecule has 120 valence electrons. The maximum absolute atomic E-state index is 12.6. The van der Waals surface area contributed by atoms with Gasteiger partial charge in [-0.3, -0.25) is 0 Å². The van der Waals surface area contributed by atoms with Crippen molar-refractivity contribution in [3.8, 4) is 5.75 Å². The lowest BCUT2D eigenvalue weighted by atomic mass is 10.1. The maximum Gasteiger partial charge on any atom is 0.322 e. The quantitative estimate of drug-likeness (QED) is 0.884. The van der Waals surface area contributed by atoms with Crippen molar-refractivity contribution in [1.29, 1.82) is 0 Å². The second kappa shape index (κ2) is 6.92. The molecule has 0 bridgehead atoms. The summed E-state index contributed by atoms with van der Waals surface area (Å²) < 4.78 is 5.12. The van der Waals surface area contributed by atoms with Gasteiger partial charge in [-0.25, -0.2) is 4.79 Å². The number of carbonyl (C=O) groups excluding carboxylic acids is 1. The summed E-state index contributed by atoms with van der Waals surface area (Å²) in [5, 5.41) is 3.66. The molecule has 1 heterocycles. The van der Waals surface area contributed by atoms with Crippen LogP contribution in [0, 0.1) is 0 Å². The van der Waals surface area contributed by atoms with Crippen LogP contribution in [0.4, 0.5) is 10.5 Å². The largest absolute Gasteiger partial charge is 0.497 e. The number of halogens is 1. The Morgan fingerprint density at radius 3 is 2.52 bits per heavy atom. The van der Waals surface area contributed by atoms with Gasteiger partial charge < -0.3 is 15.0 Å². The minimum absolute atomic E-state index is 0.0763. The van der Waals surface area contributed by atoms with Crippen LogP contribution in [-0.4, -0.2) is 24.6 Å². The smallest absolute Gasteiger partial charge is 0.322 e. The fourth-order valence-corrected chi connectivity index (χ4v) is 3.04. The summed E-state index contributed by atoms with van der Waals surface area (Å²) >= 11 is 5.95. The number of hydrogen-bond donors (Lipinski definition) is 1. The van der Waals surface area contributed by atoms with Gasteiger partial charge in [-0.15, -0.1) is 0 Å². The second-order valence-corrected chi connectivity index (χ2v) is 6.00. The molecule has 1 aliphatic heterocycles. The van der Waals surface area contributed by atoms with E-state index >= 15 is 0 Å². The Hall–Kier alpha value is -2.20. The van der Waals surface area contributed by atoms with Crippen molar-refractivity contribution in [3.05, 3.63) is 59.1 Å². The number of rotatable bonds is 3. The van der Waals surface area contributed by atoms with E-state index in [0.29, 0.717) is 5.02 Å². The van der Waals surface area contributed by atoms with Gasteiger partial charge in [-0.2, -0.15) is 0 Å². The van der Waals surface area contributed by atoms with Crippen molar-refractivity contribution in [2.45, 2.75) is 18.9 Å². The molecule has 2 amide bonds. The number of nitrogens with one attached hydrogen (secondary N) is 1. The predicted octanol–water partition coefficient (Wildman–Crippen LogP) is 4.72. The van der Waals surface area contributed by atoms with Gasteiger partial charge in [0.15, 0.2) is 0 Å². The lowest BCUT2D eigenvalue weighted by molar-refractivity contribution is 0.207. The average molecular weight is 331 g/mol. The van der Waals surface area contributed by atoms with E-state index in [-0.39, 0.29) is 12.1 Å². The van der Waals surface area contributed by atoms with Crippen molar-refractivity contribution in [1.82, 2.24) is 4.90 Å². The van der Waals surface area contributed by atoms with Gasteiger partial charge in [0.1, 0.15) is 5.75 Å². The Morgan fingerprint density at radius 2 is 1.87 bits per heavy atom. The first-order chi connectivity index (χ1) is 11.2. The first-order valence-electron chi connectivity index (χ1n) is 7.64. The summed E-state index contributed by atoms with van der Waals surface area (Å²) in [4.78, 5) is 14.5. The van der Waals surface area contributed by atoms with Crippen LogP contribution in [-0.2, 0) is 0 Å². The van der Waals surface area contributed by atoms with Crippen molar-refractivity contribution in [2.24, 2.45) is 0 Å². The predicted molar refractivity (Wildman–Crippen MR) is 92.1 cm³/mol. The first kappa shape index (κ1) is 15.7. The molecule has 1 aliphatic rings. The molecular formula is C18H19ClN2O2. The van der Waals surface area contributed by atoms with E-state index in [1.54, 1.807) is 7.11 Å². The molecule has 5 heteroatoms. The van der Waals surface area contributed by atoms with Crippen molar-refractivity contribution in [3.63, 3.8) is 0 Å². The summed E-state index contributed by atoms with van der Waals surface area (Å²) in [6, 6.07) is 15.1. The first-order valence-corrected chi connectivity index (χ1v) is 8.02. The lowest BCUT2D eigenvalue weighted by Crippen LogP contribution is -2.34. The molecule has 1 atom stereocenters. The minimum Gasteiger partial charge on any atom is -0.497 e. The minimum atomic E-state index is -0.0763. The van der Waals surface area contributed by atoms with Crippen molar-refractivity contribution >= 4 is 23.3 Å². The molecule has 4 nitrogen and oxygen atoms in total. The van der Waals surface area contributed by atoms with E-state index in [0.717, 1.165) is 36.4 Å². The highest BCUT2D eigenvalue weighted by atomic mass is 35.5. The molecular weight excluding hydrogens is 312 g/mol. The van der Waals surface area contributed by atoms with Crippen LogP contribution in [0.1, 0.15) is 24.4 Å². The number of amides is 2. The highest BCUT2D eigenvalue weighted by Gasteiger charge is 2.29. The summed E-state index contributed by atoms with van der Waals surface area (Å²) in [6.45, 7) is 0.759. The second-order valence-electron chi connectivity index (χ2n) is 5.56. The van der Waals surface area contributed by atoms with E-state index in [1.807, 2.05) is 53.4 Å². The van der Waals surface area contributed by atoms with Crippen molar-refractivity contribution in [2.75, 3.05) is 19.0 Å². The number of ether oxygens (including phenoxy) is 1. The molecule has 0 saturated carbocycles. The molecule has 1 N–H and O–H groups in total. The Bertz CT molecular complexity index is 670. The zero-order chi connectivity index (χ0) is 16.2. The molecule has 23 heavy (non-hydrogen) atoms. The normalized spacial score (nSPS) is 17.1. The number of hydrogen-bond acceptors (Lipinski definition) is 2. The molecule has 2 aromatic rings. The number of urea groups is 1. The Labute approximate surface area is 141 Å². The van der Waals surface area contributed by atoms with E-state index < -0.39 is 0 Å². The lowest BCUT2D eigenvalue weighted by Gasteiger charge is -2.25. The fourth-order valence-electron chi connectivity index (χ4n) is 2.91. The number of carbonyl (C=O) groups is 1. The van der Waals surface area contributed by atoms with Gasteiger partial charge in [0.05, 0.1) is 13.2 Å². The number of nitrogens with zero attached hydrogens (tertiary/aromatic N) is 1. The molecule has 0 unspecified atom stereocenters. The molecule has 1 saturated heterocycles. The number of methoxy groups -OCH3 is 1. The molecule has 0 spiro atoms. The molecule has 3 rings (SSSR count). The average Bonchev–Trinajstić information content (AvgIpc) is 3.06.